The highest BCUT2D eigenvalue weighted by molar-refractivity contribution is 5.92. The van der Waals surface area contributed by atoms with Gasteiger partial charge in [0.05, 0.1) is 49.7 Å². The Hall–Kier alpha value is -2.55. The van der Waals surface area contributed by atoms with Gasteiger partial charge in [-0.1, -0.05) is 0 Å². The van der Waals surface area contributed by atoms with E-state index in [9.17, 15) is 9.18 Å². The lowest BCUT2D eigenvalue weighted by molar-refractivity contribution is -0.0448. The number of rotatable bonds is 3. The van der Waals surface area contributed by atoms with E-state index in [1.165, 1.54) is 12.5 Å². The molecular formula is C16H19FN6O2. The van der Waals surface area contributed by atoms with Crippen LogP contribution in [0, 0.1) is 5.82 Å². The summed E-state index contributed by atoms with van der Waals surface area (Å²) >= 11 is 0. The first-order valence-electron chi connectivity index (χ1n) is 8.29. The van der Waals surface area contributed by atoms with Gasteiger partial charge in [-0.05, 0) is 12.8 Å². The molecule has 1 amide bonds. The second-order valence-electron chi connectivity index (χ2n) is 6.56. The molecule has 2 aliphatic heterocycles. The Morgan fingerprint density at radius 2 is 2.24 bits per heavy atom. The number of carbonyl (C=O) groups excluding carboxylic acids is 1. The smallest absolute Gasteiger partial charge is 0.272 e. The van der Waals surface area contributed by atoms with Crippen LogP contribution in [0.5, 0.6) is 0 Å². The third-order valence-corrected chi connectivity index (χ3v) is 4.72. The topological polar surface area (TPSA) is 96.0 Å². The van der Waals surface area contributed by atoms with Crippen LogP contribution in [0.25, 0.3) is 0 Å². The molecule has 4 rings (SSSR count). The van der Waals surface area contributed by atoms with E-state index in [2.05, 4.69) is 25.3 Å². The molecule has 9 heteroatoms. The van der Waals surface area contributed by atoms with Gasteiger partial charge < -0.3 is 19.9 Å². The van der Waals surface area contributed by atoms with Gasteiger partial charge in [-0.25, -0.2) is 19.3 Å². The SMILES string of the molecule is O=C(c1cnc[nH]1)N1CCC[C@@]2(C[C@H](Nc3ncc(F)cn3)CO2)C1. The van der Waals surface area contributed by atoms with Crippen LogP contribution in [0.3, 0.4) is 0 Å². The van der Waals surface area contributed by atoms with E-state index >= 15 is 0 Å². The lowest BCUT2D eigenvalue weighted by Gasteiger charge is -2.39. The zero-order valence-corrected chi connectivity index (χ0v) is 13.6. The normalized spacial score (nSPS) is 26.1. The number of amides is 1. The highest BCUT2D eigenvalue weighted by Gasteiger charge is 2.44. The predicted octanol–water partition coefficient (Wildman–Crippen LogP) is 1.21. The van der Waals surface area contributed by atoms with E-state index < -0.39 is 5.82 Å². The summed E-state index contributed by atoms with van der Waals surface area (Å²) in [5.41, 5.74) is 0.135. The Kier molecular flexibility index (Phi) is 4.08. The molecular weight excluding hydrogens is 327 g/mol. The number of carbonyl (C=O) groups is 1. The summed E-state index contributed by atoms with van der Waals surface area (Å²) in [6.07, 6.45) is 7.85. The Balaban J connectivity index is 1.40. The number of nitrogens with one attached hydrogen (secondary N) is 2. The minimum atomic E-state index is -0.468. The van der Waals surface area contributed by atoms with Gasteiger partial charge >= 0.3 is 0 Å². The number of aromatic nitrogens is 4. The molecule has 132 valence electrons. The lowest BCUT2D eigenvalue weighted by Crippen LogP contribution is -2.50. The fourth-order valence-electron chi connectivity index (χ4n) is 3.61. The van der Waals surface area contributed by atoms with Crippen molar-refractivity contribution >= 4 is 11.9 Å². The van der Waals surface area contributed by atoms with Crippen molar-refractivity contribution in [3.63, 3.8) is 0 Å². The molecule has 2 aliphatic rings. The Morgan fingerprint density at radius 3 is 3.00 bits per heavy atom. The van der Waals surface area contributed by atoms with Crippen molar-refractivity contribution in [3.8, 4) is 0 Å². The van der Waals surface area contributed by atoms with Gasteiger partial charge in [0.15, 0.2) is 5.82 Å². The summed E-state index contributed by atoms with van der Waals surface area (Å²) in [6, 6.07) is 0.0349. The van der Waals surface area contributed by atoms with Crippen molar-refractivity contribution in [2.45, 2.75) is 30.9 Å². The molecule has 2 aromatic rings. The van der Waals surface area contributed by atoms with Crippen LogP contribution in [0.4, 0.5) is 10.3 Å². The van der Waals surface area contributed by atoms with Crippen molar-refractivity contribution < 1.29 is 13.9 Å². The van der Waals surface area contributed by atoms with Crippen molar-refractivity contribution in [2.75, 3.05) is 25.0 Å². The number of nitrogens with zero attached hydrogens (tertiary/aromatic N) is 4. The van der Waals surface area contributed by atoms with Crippen LogP contribution in [0.2, 0.25) is 0 Å². The summed E-state index contributed by atoms with van der Waals surface area (Å²) < 4.78 is 19.0. The van der Waals surface area contributed by atoms with Crippen LogP contribution < -0.4 is 5.32 Å². The predicted molar refractivity (Wildman–Crippen MR) is 86.4 cm³/mol. The van der Waals surface area contributed by atoms with Gasteiger partial charge in [0.2, 0.25) is 5.95 Å². The highest BCUT2D eigenvalue weighted by atomic mass is 19.1. The minimum absolute atomic E-state index is 0.0349. The Labute approximate surface area is 143 Å². The molecule has 2 saturated heterocycles. The van der Waals surface area contributed by atoms with Crippen molar-refractivity contribution in [3.05, 3.63) is 36.4 Å². The summed E-state index contributed by atoms with van der Waals surface area (Å²) in [5, 5.41) is 3.18. The maximum Gasteiger partial charge on any atom is 0.272 e. The van der Waals surface area contributed by atoms with Gasteiger partial charge in [-0.2, -0.15) is 0 Å². The molecule has 25 heavy (non-hydrogen) atoms. The summed E-state index contributed by atoms with van der Waals surface area (Å²) in [7, 11) is 0. The van der Waals surface area contributed by atoms with E-state index in [-0.39, 0.29) is 17.6 Å². The average molecular weight is 346 g/mol. The van der Waals surface area contributed by atoms with Gasteiger partial charge in [-0.3, -0.25) is 4.79 Å². The van der Waals surface area contributed by atoms with Crippen molar-refractivity contribution in [1.82, 2.24) is 24.8 Å². The number of hydrogen-bond donors (Lipinski definition) is 2. The van der Waals surface area contributed by atoms with Gasteiger partial charge in [0.1, 0.15) is 5.69 Å². The fraction of sp³-hybridized carbons (Fsp3) is 0.500. The number of aromatic amines is 1. The third kappa shape index (κ3) is 3.32. The summed E-state index contributed by atoms with van der Waals surface area (Å²) in [5.74, 6) is -0.142. The standard InChI is InChI=1S/C16H19FN6O2/c17-11-5-19-15(20-6-11)22-12-4-16(25-8-12)2-1-3-23(9-16)14(24)13-7-18-10-21-13/h5-7,10,12H,1-4,8-9H2,(H,18,21)(H,19,20,22)/t12-,16+/m0/s1. The first-order valence-corrected chi connectivity index (χ1v) is 8.29. The number of likely N-dealkylation sites (tertiary alicyclic amines) is 1. The fourth-order valence-corrected chi connectivity index (χ4v) is 3.61. The van der Waals surface area contributed by atoms with Crippen LogP contribution >= 0.6 is 0 Å². The van der Waals surface area contributed by atoms with Crippen LogP contribution in [0.1, 0.15) is 29.8 Å². The first kappa shape index (κ1) is 15.9. The van der Waals surface area contributed by atoms with E-state index in [4.69, 9.17) is 4.74 Å². The molecule has 2 atom stereocenters. The number of anilines is 1. The molecule has 0 radical (unpaired) electrons. The molecule has 0 unspecified atom stereocenters. The zero-order valence-electron chi connectivity index (χ0n) is 13.6. The number of imidazole rings is 1. The quantitative estimate of drug-likeness (QED) is 0.867. The number of hydrogen-bond acceptors (Lipinski definition) is 6. The third-order valence-electron chi connectivity index (χ3n) is 4.72. The molecule has 2 aromatic heterocycles. The number of ether oxygens (including phenoxy) is 1. The van der Waals surface area contributed by atoms with Crippen LogP contribution in [0.15, 0.2) is 24.9 Å². The van der Waals surface area contributed by atoms with E-state index in [1.807, 2.05) is 4.90 Å². The second-order valence-corrected chi connectivity index (χ2v) is 6.56. The molecule has 0 saturated carbocycles. The van der Waals surface area contributed by atoms with Gasteiger partial charge in [-0.15, -0.1) is 0 Å². The number of piperidine rings is 1. The van der Waals surface area contributed by atoms with Gasteiger partial charge in [0, 0.05) is 13.0 Å². The minimum Gasteiger partial charge on any atom is -0.371 e. The molecule has 2 fully saturated rings. The maximum absolute atomic E-state index is 12.9. The van der Waals surface area contributed by atoms with Gasteiger partial charge in [0.25, 0.3) is 5.91 Å². The average Bonchev–Trinajstić information content (AvgIpc) is 3.27. The first-order chi connectivity index (χ1) is 12.1. The summed E-state index contributed by atoms with van der Waals surface area (Å²) in [6.45, 7) is 1.77. The zero-order chi connectivity index (χ0) is 17.3. The van der Waals surface area contributed by atoms with E-state index in [0.29, 0.717) is 31.3 Å². The molecule has 1 spiro atoms. The molecule has 0 bridgehead atoms. The highest BCUT2D eigenvalue weighted by Crippen LogP contribution is 2.35. The Bertz CT molecular complexity index is 738. The largest absolute Gasteiger partial charge is 0.371 e. The maximum atomic E-state index is 12.9. The monoisotopic (exact) mass is 346 g/mol. The molecule has 4 heterocycles. The van der Waals surface area contributed by atoms with E-state index in [0.717, 1.165) is 31.7 Å². The van der Waals surface area contributed by atoms with Crippen molar-refractivity contribution in [1.29, 1.82) is 0 Å². The number of halogens is 1. The lowest BCUT2D eigenvalue weighted by atomic mass is 9.88. The van der Waals surface area contributed by atoms with E-state index in [1.54, 1.807) is 0 Å². The molecule has 0 aromatic carbocycles. The van der Waals surface area contributed by atoms with Crippen LogP contribution in [-0.4, -0.2) is 62.1 Å². The van der Waals surface area contributed by atoms with Crippen LogP contribution in [-0.2, 0) is 4.74 Å². The summed E-state index contributed by atoms with van der Waals surface area (Å²) in [4.78, 5) is 29.0. The van der Waals surface area contributed by atoms with Crippen molar-refractivity contribution in [2.24, 2.45) is 0 Å². The second kappa shape index (κ2) is 6.40. The molecule has 0 aliphatic carbocycles. The molecule has 2 N–H and O–H groups in total. The molecule has 8 nitrogen and oxygen atoms in total. The number of H-pyrrole nitrogens is 1. The Morgan fingerprint density at radius 1 is 1.40 bits per heavy atom.